The van der Waals surface area contributed by atoms with Crippen molar-refractivity contribution < 1.29 is 0 Å². The van der Waals surface area contributed by atoms with Gasteiger partial charge in [-0.3, -0.25) is 0 Å². The Morgan fingerprint density at radius 1 is 1.03 bits per heavy atom. The molecule has 0 bridgehead atoms. The zero-order chi connectivity index (χ0) is 20.5. The number of benzene rings is 2. The summed E-state index contributed by atoms with van der Waals surface area (Å²) in [6.45, 7) is 0. The van der Waals surface area contributed by atoms with Gasteiger partial charge in [0.1, 0.15) is 0 Å². The van der Waals surface area contributed by atoms with Gasteiger partial charge < -0.3 is 15.6 Å². The first kappa shape index (κ1) is 19.1. The molecule has 1 aliphatic rings. The van der Waals surface area contributed by atoms with E-state index in [0.29, 0.717) is 17.0 Å². The third-order valence-electron chi connectivity index (χ3n) is 5.79. The number of nitrogens with two attached hydrogens (primary N) is 1. The quantitative estimate of drug-likeness (QED) is 0.465. The first-order chi connectivity index (χ1) is 14.7. The average molecular weight is 418 g/mol. The minimum Gasteiger partial charge on any atom is -0.351 e. The molecule has 1 fully saturated rings. The molecular formula is C24H24ClN5. The second-order valence-corrected chi connectivity index (χ2v) is 8.33. The van der Waals surface area contributed by atoms with Crippen molar-refractivity contribution in [2.75, 3.05) is 5.32 Å². The van der Waals surface area contributed by atoms with Crippen molar-refractivity contribution in [2.45, 2.75) is 37.8 Å². The van der Waals surface area contributed by atoms with Gasteiger partial charge in [-0.1, -0.05) is 48.0 Å². The number of halogens is 1. The molecule has 0 spiro atoms. The van der Waals surface area contributed by atoms with Crippen LogP contribution in [0.5, 0.6) is 0 Å². The average Bonchev–Trinajstić information content (AvgIpc) is 3.15. The highest BCUT2D eigenvalue weighted by atomic mass is 35.5. The molecule has 1 unspecified atom stereocenters. The standard InChI is InChI=1S/C24H24ClN5/c25-21-14-27-24(28-17-8-6-7-16(26)13-17)29-23(21)20-15-30(18-9-2-1-3-10-18)22-12-5-4-11-19(20)22/h1-5,9-12,14-17H,6-8,13,26H2,(H,27,28,29)/t16?,17-/m1/s1. The van der Waals surface area contributed by atoms with Crippen LogP contribution in [0.15, 0.2) is 67.0 Å². The van der Waals surface area contributed by atoms with E-state index in [1.807, 2.05) is 30.3 Å². The molecule has 0 saturated heterocycles. The van der Waals surface area contributed by atoms with Crippen molar-refractivity contribution in [1.29, 1.82) is 0 Å². The van der Waals surface area contributed by atoms with Gasteiger partial charge in [-0.05, 0) is 43.9 Å². The Balaban J connectivity index is 1.57. The second-order valence-electron chi connectivity index (χ2n) is 7.92. The molecule has 2 heterocycles. The minimum absolute atomic E-state index is 0.242. The molecule has 0 aliphatic heterocycles. The Bertz CT molecular complexity index is 1170. The van der Waals surface area contributed by atoms with Crippen LogP contribution in [-0.2, 0) is 0 Å². The summed E-state index contributed by atoms with van der Waals surface area (Å²) >= 11 is 6.57. The van der Waals surface area contributed by atoms with Crippen LogP contribution in [0.25, 0.3) is 27.8 Å². The number of nitrogens with zero attached hydrogens (tertiary/aromatic N) is 3. The van der Waals surface area contributed by atoms with Crippen molar-refractivity contribution in [1.82, 2.24) is 14.5 Å². The molecule has 3 N–H and O–H groups in total. The normalized spacial score (nSPS) is 19.1. The maximum Gasteiger partial charge on any atom is 0.223 e. The lowest BCUT2D eigenvalue weighted by atomic mass is 9.92. The minimum atomic E-state index is 0.242. The van der Waals surface area contributed by atoms with Gasteiger partial charge in [-0.15, -0.1) is 0 Å². The van der Waals surface area contributed by atoms with Crippen molar-refractivity contribution in [3.8, 4) is 16.9 Å². The number of hydrogen-bond donors (Lipinski definition) is 2. The fraction of sp³-hybridized carbons (Fsp3) is 0.250. The van der Waals surface area contributed by atoms with Crippen LogP contribution in [-0.4, -0.2) is 26.6 Å². The molecular weight excluding hydrogens is 394 g/mol. The van der Waals surface area contributed by atoms with E-state index in [-0.39, 0.29) is 6.04 Å². The smallest absolute Gasteiger partial charge is 0.223 e. The molecule has 5 rings (SSSR count). The highest BCUT2D eigenvalue weighted by molar-refractivity contribution is 6.33. The van der Waals surface area contributed by atoms with Crippen molar-refractivity contribution >= 4 is 28.5 Å². The molecule has 1 saturated carbocycles. The van der Waals surface area contributed by atoms with Gasteiger partial charge in [-0.2, -0.15) is 0 Å². The van der Waals surface area contributed by atoms with Crippen LogP contribution in [0.3, 0.4) is 0 Å². The topological polar surface area (TPSA) is 68.8 Å². The summed E-state index contributed by atoms with van der Waals surface area (Å²) < 4.78 is 2.18. The van der Waals surface area contributed by atoms with E-state index in [9.17, 15) is 0 Å². The predicted molar refractivity (Wildman–Crippen MR) is 123 cm³/mol. The fourth-order valence-electron chi connectivity index (χ4n) is 4.34. The lowest BCUT2D eigenvalue weighted by Crippen LogP contribution is -2.35. The largest absolute Gasteiger partial charge is 0.351 e. The van der Waals surface area contributed by atoms with Gasteiger partial charge in [0.05, 0.1) is 22.4 Å². The Kier molecular flexibility index (Phi) is 5.15. The van der Waals surface area contributed by atoms with Gasteiger partial charge in [0.2, 0.25) is 5.95 Å². The summed E-state index contributed by atoms with van der Waals surface area (Å²) in [7, 11) is 0. The van der Waals surface area contributed by atoms with Crippen LogP contribution in [0.1, 0.15) is 25.7 Å². The van der Waals surface area contributed by atoms with E-state index in [1.54, 1.807) is 6.20 Å². The number of rotatable bonds is 4. The molecule has 0 amide bonds. The third kappa shape index (κ3) is 3.66. The lowest BCUT2D eigenvalue weighted by Gasteiger charge is -2.27. The second kappa shape index (κ2) is 8.09. The van der Waals surface area contributed by atoms with Gasteiger partial charge in [0.15, 0.2) is 0 Å². The lowest BCUT2D eigenvalue weighted by molar-refractivity contribution is 0.408. The highest BCUT2D eigenvalue weighted by Crippen LogP contribution is 2.35. The maximum atomic E-state index is 6.57. The number of fused-ring (bicyclic) bond motifs is 1. The summed E-state index contributed by atoms with van der Waals surface area (Å²) in [6.07, 6.45) is 8.03. The Hall–Kier alpha value is -2.89. The van der Waals surface area contributed by atoms with E-state index in [1.165, 1.54) is 0 Å². The molecule has 0 radical (unpaired) electrons. The van der Waals surface area contributed by atoms with Gasteiger partial charge >= 0.3 is 0 Å². The van der Waals surface area contributed by atoms with Crippen LogP contribution in [0.4, 0.5) is 5.95 Å². The first-order valence-corrected chi connectivity index (χ1v) is 10.8. The van der Waals surface area contributed by atoms with E-state index in [4.69, 9.17) is 22.3 Å². The third-order valence-corrected chi connectivity index (χ3v) is 6.07. The number of anilines is 1. The summed E-state index contributed by atoms with van der Waals surface area (Å²) in [5.41, 5.74) is 10.1. The Labute approximate surface area is 180 Å². The van der Waals surface area contributed by atoms with Crippen molar-refractivity contribution in [3.63, 3.8) is 0 Å². The summed E-state index contributed by atoms with van der Waals surface area (Å²) in [5, 5.41) is 5.11. The molecule has 152 valence electrons. The summed E-state index contributed by atoms with van der Waals surface area (Å²) in [5.74, 6) is 0.602. The van der Waals surface area contributed by atoms with E-state index in [2.05, 4.69) is 45.3 Å². The number of para-hydroxylation sites is 2. The van der Waals surface area contributed by atoms with Gasteiger partial charge in [0.25, 0.3) is 0 Å². The van der Waals surface area contributed by atoms with E-state index >= 15 is 0 Å². The summed E-state index contributed by atoms with van der Waals surface area (Å²) in [6, 6.07) is 19.1. The van der Waals surface area contributed by atoms with Gasteiger partial charge in [-0.25, -0.2) is 9.97 Å². The van der Waals surface area contributed by atoms with Crippen LogP contribution < -0.4 is 11.1 Å². The molecule has 2 aromatic carbocycles. The number of nitrogens with one attached hydrogen (secondary N) is 1. The summed E-state index contributed by atoms with van der Waals surface area (Å²) in [4.78, 5) is 9.24. The predicted octanol–water partition coefficient (Wildman–Crippen LogP) is 5.42. The SMILES string of the molecule is NC1CCC[C@@H](Nc2ncc(Cl)c(-c3cn(-c4ccccc4)c4ccccc34)n2)C1. The first-order valence-electron chi connectivity index (χ1n) is 10.4. The zero-order valence-corrected chi connectivity index (χ0v) is 17.4. The molecule has 5 nitrogen and oxygen atoms in total. The Morgan fingerprint density at radius 2 is 1.83 bits per heavy atom. The Morgan fingerprint density at radius 3 is 2.67 bits per heavy atom. The van der Waals surface area contributed by atoms with Crippen LogP contribution in [0.2, 0.25) is 5.02 Å². The van der Waals surface area contributed by atoms with Crippen LogP contribution >= 0.6 is 11.6 Å². The molecule has 2 aromatic heterocycles. The van der Waals surface area contributed by atoms with Crippen LogP contribution in [0, 0.1) is 0 Å². The van der Waals surface area contributed by atoms with E-state index < -0.39 is 0 Å². The monoisotopic (exact) mass is 417 g/mol. The number of aromatic nitrogens is 3. The highest BCUT2D eigenvalue weighted by Gasteiger charge is 2.21. The molecule has 6 heteroatoms. The zero-order valence-electron chi connectivity index (χ0n) is 16.6. The number of hydrogen-bond acceptors (Lipinski definition) is 4. The van der Waals surface area contributed by atoms with Crippen molar-refractivity contribution in [2.24, 2.45) is 5.73 Å². The van der Waals surface area contributed by atoms with Gasteiger partial charge in [0, 0.05) is 34.9 Å². The molecule has 4 aromatic rings. The molecule has 30 heavy (non-hydrogen) atoms. The maximum absolute atomic E-state index is 6.57. The van der Waals surface area contributed by atoms with Crippen molar-refractivity contribution in [3.05, 3.63) is 72.0 Å². The molecule has 1 aliphatic carbocycles. The fourth-order valence-corrected chi connectivity index (χ4v) is 4.53. The molecule has 2 atom stereocenters. The van der Waals surface area contributed by atoms with E-state index in [0.717, 1.165) is 53.5 Å².